The predicted molar refractivity (Wildman–Crippen MR) is 166 cm³/mol. The molecular weight excluding hydrogens is 557 g/mol. The summed E-state index contributed by atoms with van der Waals surface area (Å²) in [5.74, 6) is -1.17. The van der Waals surface area contributed by atoms with Crippen LogP contribution in [0.4, 0.5) is 18.9 Å². The van der Waals surface area contributed by atoms with E-state index >= 15 is 0 Å². The smallest absolute Gasteiger partial charge is 0.379 e. The van der Waals surface area contributed by atoms with Crippen molar-refractivity contribution in [3.63, 3.8) is 0 Å². The first kappa shape index (κ1) is 42.4. The molecule has 11 heteroatoms. The number of nitrogens with two attached hydrogens (primary N) is 2. The highest BCUT2D eigenvalue weighted by Crippen LogP contribution is 2.28. The van der Waals surface area contributed by atoms with Gasteiger partial charge in [-0.2, -0.15) is 13.2 Å². The van der Waals surface area contributed by atoms with Gasteiger partial charge in [0.2, 0.25) is 0 Å². The molecule has 2 rings (SSSR count). The Bertz CT molecular complexity index is 1020. The number of nitrogens with zero attached hydrogens (tertiary/aromatic N) is 1. The summed E-state index contributed by atoms with van der Waals surface area (Å²) in [6.07, 6.45) is 10.2. The molecule has 0 heterocycles. The summed E-state index contributed by atoms with van der Waals surface area (Å²) >= 11 is 5.49. The number of aliphatic imine (C=N–C) groups is 1. The zero-order chi connectivity index (χ0) is 32.5. The van der Waals surface area contributed by atoms with Crippen molar-refractivity contribution in [3.05, 3.63) is 63.9 Å². The third-order valence-electron chi connectivity index (χ3n) is 5.20. The Hall–Kier alpha value is -3.11. The van der Waals surface area contributed by atoms with Crippen LogP contribution < -0.4 is 16.8 Å². The van der Waals surface area contributed by atoms with Crippen molar-refractivity contribution < 1.29 is 27.9 Å². The van der Waals surface area contributed by atoms with Crippen molar-refractivity contribution in [1.82, 2.24) is 5.32 Å². The largest absolute Gasteiger partial charge is 0.478 e. The third-order valence-corrected chi connectivity index (χ3v) is 5.43. The van der Waals surface area contributed by atoms with Crippen LogP contribution in [-0.2, 0) is 11.2 Å². The molecule has 1 unspecified atom stereocenters. The summed E-state index contributed by atoms with van der Waals surface area (Å²) in [6.45, 7) is 10.0. The zero-order valence-electron chi connectivity index (χ0n) is 25.5. The minimum Gasteiger partial charge on any atom is -0.478 e. The first-order chi connectivity index (χ1) is 19.4. The van der Waals surface area contributed by atoms with E-state index < -0.39 is 18.7 Å². The standard InChI is InChI=1S/C18H24N2O.C7H11ClN2O2.2C2H6.CHF3/c1-4-14-11-8-12-16(18(21)19-3)17(14)20-13(2)15-9-6-5-7-10-15;1-4(10)6(7(11)12)2-5(8)3-9;2*1-2;2-1(3)4/h8-9,11-12H,4-7,10H2,1-3H3,(H,19,21);2-4H,9-10H2,1H3,(H,11,12);2*1-2H3;1H/b;5-3+,6-2+;;;. The molecule has 0 bridgehead atoms. The Morgan fingerprint density at radius 1 is 1.17 bits per heavy atom. The van der Waals surface area contributed by atoms with Gasteiger partial charge in [0.1, 0.15) is 0 Å². The van der Waals surface area contributed by atoms with Gasteiger partial charge in [0.25, 0.3) is 5.91 Å². The number of alkyl halides is 3. The van der Waals surface area contributed by atoms with E-state index in [0.29, 0.717) is 5.56 Å². The summed E-state index contributed by atoms with van der Waals surface area (Å²) in [5.41, 5.74) is 15.4. The predicted octanol–water partition coefficient (Wildman–Crippen LogP) is 7.82. The lowest BCUT2D eigenvalue weighted by atomic mass is 9.96. The fourth-order valence-electron chi connectivity index (χ4n) is 3.32. The van der Waals surface area contributed by atoms with Crippen LogP contribution in [-0.4, -0.2) is 42.5 Å². The topological polar surface area (TPSA) is 131 Å². The van der Waals surface area contributed by atoms with E-state index in [1.807, 2.05) is 45.9 Å². The van der Waals surface area contributed by atoms with Crippen molar-refractivity contribution in [1.29, 1.82) is 0 Å². The molecule has 0 fully saturated rings. The highest BCUT2D eigenvalue weighted by Gasteiger charge is 2.14. The number of para-hydroxylation sites is 1. The molecule has 0 saturated carbocycles. The van der Waals surface area contributed by atoms with Gasteiger partial charge in [-0.15, -0.1) is 0 Å². The van der Waals surface area contributed by atoms with Crippen LogP contribution in [0.25, 0.3) is 0 Å². The molecule has 7 nitrogen and oxygen atoms in total. The number of benzene rings is 1. The second-order valence-electron chi connectivity index (χ2n) is 7.91. The molecule has 6 N–H and O–H groups in total. The fourth-order valence-corrected chi connectivity index (χ4v) is 3.43. The number of hydrogen-bond acceptors (Lipinski definition) is 5. The number of hydrogen-bond donors (Lipinski definition) is 4. The fraction of sp³-hybridized carbons (Fsp3) is 0.500. The van der Waals surface area contributed by atoms with Crippen LogP contribution in [0.5, 0.6) is 0 Å². The van der Waals surface area contributed by atoms with Crippen molar-refractivity contribution in [2.75, 3.05) is 7.05 Å². The minimum atomic E-state index is -3.67. The molecule has 0 radical (unpaired) electrons. The maximum atomic E-state index is 12.1. The number of halogens is 4. The number of aliphatic carboxylic acids is 1. The number of allylic oxidation sites excluding steroid dienone is 4. The number of amides is 1. The van der Waals surface area contributed by atoms with E-state index in [4.69, 9.17) is 33.2 Å². The summed E-state index contributed by atoms with van der Waals surface area (Å²) in [6, 6.07) is 5.25. The molecule has 1 aromatic carbocycles. The molecule has 41 heavy (non-hydrogen) atoms. The van der Waals surface area contributed by atoms with E-state index in [0.717, 1.165) is 42.4 Å². The molecule has 1 aliphatic carbocycles. The highest BCUT2D eigenvalue weighted by molar-refractivity contribution is 6.31. The molecule has 1 aliphatic rings. The van der Waals surface area contributed by atoms with Gasteiger partial charge in [-0.25, -0.2) is 4.79 Å². The van der Waals surface area contributed by atoms with Crippen molar-refractivity contribution >= 4 is 34.9 Å². The number of nitrogens with one attached hydrogen (secondary N) is 1. The van der Waals surface area contributed by atoms with Gasteiger partial charge in [0.15, 0.2) is 0 Å². The average molecular weight is 605 g/mol. The minimum absolute atomic E-state index is 0.0294. The maximum Gasteiger partial charge on any atom is 0.379 e. The van der Waals surface area contributed by atoms with Gasteiger partial charge in [-0.1, -0.05) is 64.4 Å². The van der Waals surface area contributed by atoms with E-state index in [1.165, 1.54) is 24.5 Å². The number of carbonyl (C=O) groups excluding carboxylic acids is 1. The van der Waals surface area contributed by atoms with E-state index in [9.17, 15) is 22.8 Å². The summed E-state index contributed by atoms with van der Waals surface area (Å²) in [5, 5.41) is 11.5. The van der Waals surface area contributed by atoms with Gasteiger partial charge < -0.3 is 21.9 Å². The lowest BCUT2D eigenvalue weighted by Crippen LogP contribution is -2.23. The zero-order valence-corrected chi connectivity index (χ0v) is 26.3. The third kappa shape index (κ3) is 18.8. The second-order valence-corrected chi connectivity index (χ2v) is 8.35. The van der Waals surface area contributed by atoms with Crippen LogP contribution in [0.3, 0.4) is 0 Å². The van der Waals surface area contributed by atoms with Crippen LogP contribution in [0.15, 0.2) is 57.7 Å². The maximum absolute atomic E-state index is 12.1. The molecule has 0 saturated heterocycles. The molecule has 0 aromatic heterocycles. The average Bonchev–Trinajstić information content (AvgIpc) is 2.97. The first-order valence-electron chi connectivity index (χ1n) is 13.7. The van der Waals surface area contributed by atoms with Gasteiger partial charge in [0.05, 0.1) is 21.9 Å². The number of carbonyl (C=O) groups is 2. The molecule has 0 aliphatic heterocycles. The van der Waals surface area contributed by atoms with Gasteiger partial charge >= 0.3 is 12.6 Å². The van der Waals surface area contributed by atoms with Crippen molar-refractivity contribution in [3.8, 4) is 0 Å². The molecule has 1 atom stereocenters. The van der Waals surface area contributed by atoms with E-state index in [2.05, 4.69) is 25.2 Å². The Balaban J connectivity index is -0.000000612. The molecule has 0 spiro atoms. The lowest BCUT2D eigenvalue weighted by molar-refractivity contribution is -0.132. The van der Waals surface area contributed by atoms with Crippen LogP contribution in [0.1, 0.15) is 90.1 Å². The van der Waals surface area contributed by atoms with Crippen molar-refractivity contribution in [2.45, 2.75) is 93.3 Å². The van der Waals surface area contributed by atoms with Gasteiger partial charge in [0, 0.05) is 25.0 Å². The summed E-state index contributed by atoms with van der Waals surface area (Å²) in [7, 11) is 1.66. The Morgan fingerprint density at radius 3 is 2.12 bits per heavy atom. The monoisotopic (exact) mass is 604 g/mol. The SMILES string of the molecule is CC.CC.CC(N)/C(=C\C(Cl)=C/N)C(=O)O.CCc1cccc(C(=O)NC)c1N=C(C)C1=CCCCC1.FC(F)F. The highest BCUT2D eigenvalue weighted by atomic mass is 35.5. The summed E-state index contributed by atoms with van der Waals surface area (Å²) in [4.78, 5) is 27.4. The van der Waals surface area contributed by atoms with E-state index in [-0.39, 0.29) is 16.5 Å². The normalized spacial score (nSPS) is 13.8. The molecule has 1 amide bonds. The van der Waals surface area contributed by atoms with Crippen LogP contribution in [0.2, 0.25) is 0 Å². The van der Waals surface area contributed by atoms with Gasteiger partial charge in [-0.05, 0) is 69.2 Å². The molecular formula is C30H48ClF3N4O3. The molecule has 234 valence electrons. The lowest BCUT2D eigenvalue weighted by Gasteiger charge is -2.14. The Kier molecular flexibility index (Phi) is 26.7. The summed E-state index contributed by atoms with van der Waals surface area (Å²) < 4.78 is 29.0. The number of aryl methyl sites for hydroxylation is 1. The first-order valence-corrected chi connectivity index (χ1v) is 14.1. The number of carboxylic acids is 1. The molecule has 1 aromatic rings. The van der Waals surface area contributed by atoms with E-state index in [1.54, 1.807) is 14.0 Å². The van der Waals surface area contributed by atoms with Crippen LogP contribution >= 0.6 is 11.6 Å². The number of rotatable bonds is 7. The number of carboxylic acid groups (broad SMARTS) is 1. The van der Waals surface area contributed by atoms with Crippen molar-refractivity contribution in [2.24, 2.45) is 16.5 Å². The van der Waals surface area contributed by atoms with Gasteiger partial charge in [-0.3, -0.25) is 9.79 Å². The second kappa shape index (κ2) is 25.8. The Labute approximate surface area is 248 Å². The Morgan fingerprint density at radius 2 is 1.73 bits per heavy atom. The quantitative estimate of drug-likeness (QED) is 0.143. The van der Waals surface area contributed by atoms with Crippen LogP contribution in [0, 0.1) is 0 Å².